The Morgan fingerprint density at radius 2 is 2.23 bits per heavy atom. The molecule has 0 aliphatic heterocycles. The number of nitrogens with zero attached hydrogens (tertiary/aromatic N) is 1. The van der Waals surface area contributed by atoms with Crippen LogP contribution in [-0.2, 0) is 15.8 Å². The molecule has 1 aromatic rings. The standard InChI is InChI=1S/C6H6BrFN2O2S/c7-5-1-4(3-13(9,11)12)6(8)10-2-5/h1-2H,3H2,(H2,9,11,12). The Morgan fingerprint density at radius 3 is 2.77 bits per heavy atom. The molecule has 0 spiro atoms. The first kappa shape index (κ1) is 10.6. The SMILES string of the molecule is NS(=O)(=O)Cc1cc(Br)cnc1F. The van der Waals surface area contributed by atoms with E-state index in [2.05, 4.69) is 20.9 Å². The Hall–Kier alpha value is -0.530. The highest BCUT2D eigenvalue weighted by Crippen LogP contribution is 2.14. The van der Waals surface area contributed by atoms with E-state index in [1.807, 2.05) is 0 Å². The van der Waals surface area contributed by atoms with E-state index in [-0.39, 0.29) is 5.56 Å². The quantitative estimate of drug-likeness (QED) is 0.806. The molecule has 0 atom stereocenters. The van der Waals surface area contributed by atoms with Crippen molar-refractivity contribution in [3.8, 4) is 0 Å². The number of rotatable bonds is 2. The van der Waals surface area contributed by atoms with Crippen LogP contribution in [0.2, 0.25) is 0 Å². The Morgan fingerprint density at radius 1 is 1.62 bits per heavy atom. The van der Waals surface area contributed by atoms with Crippen molar-refractivity contribution in [2.45, 2.75) is 5.75 Å². The van der Waals surface area contributed by atoms with E-state index in [4.69, 9.17) is 5.14 Å². The number of sulfonamides is 1. The maximum atomic E-state index is 12.8. The van der Waals surface area contributed by atoms with E-state index in [0.29, 0.717) is 4.47 Å². The minimum Gasteiger partial charge on any atom is -0.228 e. The Balaban J connectivity index is 3.08. The lowest BCUT2D eigenvalue weighted by Gasteiger charge is -2.00. The van der Waals surface area contributed by atoms with Crippen molar-refractivity contribution < 1.29 is 12.8 Å². The predicted molar refractivity (Wildman–Crippen MR) is 48.7 cm³/mol. The van der Waals surface area contributed by atoms with Gasteiger partial charge in [-0.15, -0.1) is 0 Å². The van der Waals surface area contributed by atoms with Crippen molar-refractivity contribution >= 4 is 26.0 Å². The molecule has 0 saturated carbocycles. The zero-order valence-corrected chi connectivity index (χ0v) is 8.77. The molecule has 0 aromatic carbocycles. The number of hydrogen-bond acceptors (Lipinski definition) is 3. The van der Waals surface area contributed by atoms with Crippen molar-refractivity contribution in [3.05, 3.63) is 28.2 Å². The summed E-state index contributed by atoms with van der Waals surface area (Å²) in [5.41, 5.74) is -0.0446. The molecule has 7 heteroatoms. The number of aromatic nitrogens is 1. The summed E-state index contributed by atoms with van der Waals surface area (Å²) in [7, 11) is -3.72. The maximum Gasteiger partial charge on any atom is 0.217 e. The van der Waals surface area contributed by atoms with Crippen LogP contribution in [0.1, 0.15) is 5.56 Å². The molecule has 1 heterocycles. The maximum absolute atomic E-state index is 12.8. The molecule has 0 saturated heterocycles. The second kappa shape index (κ2) is 3.69. The molecule has 0 unspecified atom stereocenters. The molecule has 0 amide bonds. The van der Waals surface area contributed by atoms with Crippen molar-refractivity contribution in [1.82, 2.24) is 4.98 Å². The van der Waals surface area contributed by atoms with E-state index < -0.39 is 21.7 Å². The van der Waals surface area contributed by atoms with Gasteiger partial charge in [0.05, 0.1) is 5.75 Å². The normalized spacial score (nSPS) is 11.6. The highest BCUT2D eigenvalue weighted by Gasteiger charge is 2.11. The predicted octanol–water partition coefficient (Wildman–Crippen LogP) is 0.772. The van der Waals surface area contributed by atoms with Crippen molar-refractivity contribution in [2.24, 2.45) is 5.14 Å². The van der Waals surface area contributed by atoms with Crippen molar-refractivity contribution in [2.75, 3.05) is 0 Å². The number of pyridine rings is 1. The third kappa shape index (κ3) is 3.37. The summed E-state index contributed by atoms with van der Waals surface area (Å²) >= 11 is 3.04. The Kier molecular flexibility index (Phi) is 2.99. The summed E-state index contributed by atoms with van der Waals surface area (Å²) in [6.07, 6.45) is 1.24. The number of hydrogen-bond donors (Lipinski definition) is 1. The van der Waals surface area contributed by atoms with Gasteiger partial charge >= 0.3 is 0 Å². The first-order valence-electron chi connectivity index (χ1n) is 3.19. The molecule has 13 heavy (non-hydrogen) atoms. The largest absolute Gasteiger partial charge is 0.228 e. The van der Waals surface area contributed by atoms with Crippen LogP contribution in [0.25, 0.3) is 0 Å². The van der Waals surface area contributed by atoms with E-state index in [0.717, 1.165) is 0 Å². The number of halogens is 2. The molecule has 4 nitrogen and oxygen atoms in total. The molecule has 1 rings (SSSR count). The zero-order chi connectivity index (χ0) is 10.1. The van der Waals surface area contributed by atoms with Gasteiger partial charge in [0.1, 0.15) is 0 Å². The van der Waals surface area contributed by atoms with Gasteiger partial charge < -0.3 is 0 Å². The summed E-state index contributed by atoms with van der Waals surface area (Å²) in [5.74, 6) is -1.37. The monoisotopic (exact) mass is 268 g/mol. The molecule has 0 radical (unpaired) electrons. The fourth-order valence-electron chi connectivity index (χ4n) is 0.782. The van der Waals surface area contributed by atoms with E-state index in [1.54, 1.807) is 0 Å². The Labute approximate surface area is 83.1 Å². The van der Waals surface area contributed by atoms with Gasteiger partial charge in [-0.05, 0) is 22.0 Å². The van der Waals surface area contributed by atoms with Gasteiger partial charge in [0.15, 0.2) is 0 Å². The topological polar surface area (TPSA) is 73.1 Å². The number of nitrogens with two attached hydrogens (primary N) is 1. The van der Waals surface area contributed by atoms with Crippen molar-refractivity contribution in [1.29, 1.82) is 0 Å². The molecule has 72 valence electrons. The van der Waals surface area contributed by atoms with Gasteiger partial charge in [-0.2, -0.15) is 4.39 Å². The highest BCUT2D eigenvalue weighted by atomic mass is 79.9. The van der Waals surface area contributed by atoms with Gasteiger partial charge in [0.25, 0.3) is 0 Å². The Bertz CT molecular complexity index is 421. The average Bonchev–Trinajstić information content (AvgIpc) is 1.94. The van der Waals surface area contributed by atoms with E-state index >= 15 is 0 Å². The van der Waals surface area contributed by atoms with Crippen LogP contribution in [0, 0.1) is 5.95 Å². The molecule has 1 aromatic heterocycles. The third-order valence-electron chi connectivity index (χ3n) is 1.24. The first-order chi connectivity index (χ1) is 5.88. The first-order valence-corrected chi connectivity index (χ1v) is 5.70. The van der Waals surface area contributed by atoms with E-state index in [9.17, 15) is 12.8 Å². The average molecular weight is 269 g/mol. The zero-order valence-electron chi connectivity index (χ0n) is 6.37. The van der Waals surface area contributed by atoms with Gasteiger partial charge in [-0.25, -0.2) is 18.5 Å². The lowest BCUT2D eigenvalue weighted by molar-refractivity contribution is 0.564. The van der Waals surface area contributed by atoms with Crippen LogP contribution in [0.3, 0.4) is 0 Å². The van der Waals surface area contributed by atoms with Crippen LogP contribution >= 0.6 is 15.9 Å². The summed E-state index contributed by atoms with van der Waals surface area (Å²) in [6, 6.07) is 1.33. The molecule has 0 aliphatic rings. The lowest BCUT2D eigenvalue weighted by Crippen LogP contribution is -2.15. The fourth-order valence-corrected chi connectivity index (χ4v) is 1.80. The van der Waals surface area contributed by atoms with Gasteiger partial charge in [-0.1, -0.05) is 0 Å². The van der Waals surface area contributed by atoms with Gasteiger partial charge in [0.2, 0.25) is 16.0 Å². The van der Waals surface area contributed by atoms with Crippen LogP contribution in [0.4, 0.5) is 4.39 Å². The summed E-state index contributed by atoms with van der Waals surface area (Å²) in [6.45, 7) is 0. The van der Waals surface area contributed by atoms with Crippen LogP contribution in [0.5, 0.6) is 0 Å². The van der Waals surface area contributed by atoms with Gasteiger partial charge in [0, 0.05) is 16.2 Å². The minimum absolute atomic E-state index is 0.0446. The van der Waals surface area contributed by atoms with Crippen LogP contribution < -0.4 is 5.14 Å². The summed E-state index contributed by atoms with van der Waals surface area (Å²) in [4.78, 5) is 3.33. The summed E-state index contributed by atoms with van der Waals surface area (Å²) in [5, 5.41) is 4.75. The smallest absolute Gasteiger partial charge is 0.217 e. The van der Waals surface area contributed by atoms with Crippen LogP contribution in [0.15, 0.2) is 16.7 Å². The third-order valence-corrected chi connectivity index (χ3v) is 2.38. The second-order valence-electron chi connectivity index (χ2n) is 2.41. The summed E-state index contributed by atoms with van der Waals surface area (Å²) < 4.78 is 34.6. The van der Waals surface area contributed by atoms with E-state index in [1.165, 1.54) is 12.3 Å². The molecular formula is C6H6BrFN2O2S. The lowest BCUT2D eigenvalue weighted by atomic mass is 10.3. The van der Waals surface area contributed by atoms with Gasteiger partial charge in [-0.3, -0.25) is 0 Å². The molecule has 0 fully saturated rings. The fraction of sp³-hybridized carbons (Fsp3) is 0.167. The number of primary sulfonamides is 1. The molecule has 0 aliphatic carbocycles. The molecule has 2 N–H and O–H groups in total. The van der Waals surface area contributed by atoms with Crippen LogP contribution in [-0.4, -0.2) is 13.4 Å². The second-order valence-corrected chi connectivity index (χ2v) is 4.94. The molecule has 0 bridgehead atoms. The highest BCUT2D eigenvalue weighted by molar-refractivity contribution is 9.10. The molecular weight excluding hydrogens is 263 g/mol. The van der Waals surface area contributed by atoms with Crippen molar-refractivity contribution in [3.63, 3.8) is 0 Å². The minimum atomic E-state index is -3.72.